The number of rotatable bonds is 2. The molecule has 0 bridgehead atoms. The second-order valence-electron chi connectivity index (χ2n) is 2.63. The second kappa shape index (κ2) is 4.03. The Morgan fingerprint density at radius 2 is 1.85 bits per heavy atom. The van der Waals surface area contributed by atoms with Crippen molar-refractivity contribution in [3.8, 4) is 0 Å². The molecule has 0 amide bonds. The van der Waals surface area contributed by atoms with Gasteiger partial charge in [0.1, 0.15) is 11.6 Å². The molecule has 0 aliphatic rings. The van der Waals surface area contributed by atoms with Crippen molar-refractivity contribution < 1.29 is 13.5 Å². The first-order chi connectivity index (χ1) is 6.16. The Morgan fingerprint density at radius 1 is 1.31 bits per heavy atom. The molecule has 0 heterocycles. The van der Waals surface area contributed by atoms with E-state index in [4.69, 9.17) is 0 Å². The normalized spacial score (nSPS) is 11.5. The van der Waals surface area contributed by atoms with E-state index in [0.717, 1.165) is 0 Å². The fraction of sp³-hybridized carbons (Fsp3) is 0.200. The van der Waals surface area contributed by atoms with E-state index in [1.165, 1.54) is 31.6 Å². The highest BCUT2D eigenvalue weighted by Crippen LogP contribution is 2.20. The summed E-state index contributed by atoms with van der Waals surface area (Å²) in [5.74, 6) is -1.16. The van der Waals surface area contributed by atoms with E-state index in [1.54, 1.807) is 6.92 Å². The molecule has 1 rings (SSSR count). The zero-order valence-electron chi connectivity index (χ0n) is 7.47. The van der Waals surface area contributed by atoms with Gasteiger partial charge in [-0.3, -0.25) is 0 Å². The summed E-state index contributed by atoms with van der Waals surface area (Å²) in [6, 6.07) is 3.76. The number of ether oxygens (including phenoxy) is 1. The maximum atomic E-state index is 13.1. The number of benzene rings is 1. The summed E-state index contributed by atoms with van der Waals surface area (Å²) in [5, 5.41) is 0. The molecule has 0 spiro atoms. The van der Waals surface area contributed by atoms with Gasteiger partial charge in [-0.1, -0.05) is 6.07 Å². The molecule has 0 fully saturated rings. The topological polar surface area (TPSA) is 9.23 Å². The number of methoxy groups -OCH3 is 1. The SMILES string of the molecule is CO/C=C(\C)c1c(F)cccc1F. The Bertz CT molecular complexity index is 311. The third-order valence-electron chi connectivity index (χ3n) is 1.65. The molecule has 0 saturated heterocycles. The van der Waals surface area contributed by atoms with Gasteiger partial charge in [0.25, 0.3) is 0 Å². The van der Waals surface area contributed by atoms with Crippen LogP contribution in [0.5, 0.6) is 0 Å². The summed E-state index contributed by atoms with van der Waals surface area (Å²) in [6.45, 7) is 1.59. The molecule has 0 aromatic heterocycles. The monoisotopic (exact) mass is 184 g/mol. The average molecular weight is 184 g/mol. The Hall–Kier alpha value is -1.38. The van der Waals surface area contributed by atoms with E-state index >= 15 is 0 Å². The van der Waals surface area contributed by atoms with Crippen LogP contribution in [0.3, 0.4) is 0 Å². The molecule has 1 nitrogen and oxygen atoms in total. The van der Waals surface area contributed by atoms with Gasteiger partial charge < -0.3 is 4.74 Å². The fourth-order valence-corrected chi connectivity index (χ4v) is 1.11. The summed E-state index contributed by atoms with van der Waals surface area (Å²) in [6.07, 6.45) is 1.31. The third kappa shape index (κ3) is 2.05. The number of halogens is 2. The smallest absolute Gasteiger partial charge is 0.133 e. The fourth-order valence-electron chi connectivity index (χ4n) is 1.11. The lowest BCUT2D eigenvalue weighted by Gasteiger charge is -2.03. The number of hydrogen-bond acceptors (Lipinski definition) is 1. The third-order valence-corrected chi connectivity index (χ3v) is 1.65. The van der Waals surface area contributed by atoms with Gasteiger partial charge in [0.2, 0.25) is 0 Å². The van der Waals surface area contributed by atoms with Gasteiger partial charge in [0.15, 0.2) is 0 Å². The lowest BCUT2D eigenvalue weighted by atomic mass is 10.1. The molecule has 1 aromatic carbocycles. The van der Waals surface area contributed by atoms with E-state index in [-0.39, 0.29) is 5.56 Å². The zero-order valence-corrected chi connectivity index (χ0v) is 7.47. The summed E-state index contributed by atoms with van der Waals surface area (Å²) >= 11 is 0. The number of allylic oxidation sites excluding steroid dienone is 1. The minimum atomic E-state index is -0.578. The molecule has 0 N–H and O–H groups in total. The molecular weight excluding hydrogens is 174 g/mol. The van der Waals surface area contributed by atoms with Crippen LogP contribution in [0.4, 0.5) is 8.78 Å². The van der Waals surface area contributed by atoms with Gasteiger partial charge in [-0.2, -0.15) is 0 Å². The van der Waals surface area contributed by atoms with Crippen LogP contribution in [0.2, 0.25) is 0 Å². The van der Waals surface area contributed by atoms with E-state index in [9.17, 15) is 8.78 Å². The molecule has 13 heavy (non-hydrogen) atoms. The van der Waals surface area contributed by atoms with Gasteiger partial charge in [-0.05, 0) is 24.6 Å². The van der Waals surface area contributed by atoms with Crippen molar-refractivity contribution in [1.29, 1.82) is 0 Å². The predicted octanol–water partition coefficient (Wildman–Crippen LogP) is 2.97. The Morgan fingerprint density at radius 3 is 2.31 bits per heavy atom. The van der Waals surface area contributed by atoms with Crippen LogP contribution in [0, 0.1) is 11.6 Å². The van der Waals surface area contributed by atoms with Crippen LogP contribution in [-0.2, 0) is 4.74 Å². The van der Waals surface area contributed by atoms with Crippen molar-refractivity contribution in [2.75, 3.05) is 7.11 Å². The molecule has 0 atom stereocenters. The molecule has 0 radical (unpaired) electrons. The maximum Gasteiger partial charge on any atom is 0.133 e. The average Bonchev–Trinajstić information content (AvgIpc) is 2.04. The first-order valence-electron chi connectivity index (χ1n) is 3.80. The standard InChI is InChI=1S/C10H10F2O/c1-7(6-13-2)10-8(11)4-3-5-9(10)12/h3-6H,1-2H3/b7-6+. The lowest BCUT2D eigenvalue weighted by Crippen LogP contribution is -1.92. The Balaban J connectivity index is 3.20. The van der Waals surface area contributed by atoms with Crippen LogP contribution in [-0.4, -0.2) is 7.11 Å². The van der Waals surface area contributed by atoms with Gasteiger partial charge in [0, 0.05) is 0 Å². The molecule has 70 valence electrons. The van der Waals surface area contributed by atoms with Crippen LogP contribution >= 0.6 is 0 Å². The van der Waals surface area contributed by atoms with Gasteiger partial charge in [0.05, 0.1) is 18.9 Å². The van der Waals surface area contributed by atoms with Crippen molar-refractivity contribution in [3.05, 3.63) is 41.7 Å². The van der Waals surface area contributed by atoms with Gasteiger partial charge >= 0.3 is 0 Å². The van der Waals surface area contributed by atoms with Crippen molar-refractivity contribution >= 4 is 5.57 Å². The minimum absolute atomic E-state index is 0.0376. The van der Waals surface area contributed by atoms with Crippen molar-refractivity contribution in [1.82, 2.24) is 0 Å². The Kier molecular flexibility index (Phi) is 3.01. The summed E-state index contributed by atoms with van der Waals surface area (Å²) < 4.78 is 30.8. The van der Waals surface area contributed by atoms with Crippen molar-refractivity contribution in [3.63, 3.8) is 0 Å². The van der Waals surface area contributed by atoms with Crippen LogP contribution in [0.15, 0.2) is 24.5 Å². The predicted molar refractivity (Wildman–Crippen MR) is 47.0 cm³/mol. The van der Waals surface area contributed by atoms with E-state index in [2.05, 4.69) is 4.74 Å². The van der Waals surface area contributed by atoms with Crippen LogP contribution in [0.1, 0.15) is 12.5 Å². The molecule has 3 heteroatoms. The van der Waals surface area contributed by atoms with Crippen molar-refractivity contribution in [2.24, 2.45) is 0 Å². The highest BCUT2D eigenvalue weighted by Gasteiger charge is 2.09. The molecule has 0 unspecified atom stereocenters. The zero-order chi connectivity index (χ0) is 9.84. The van der Waals surface area contributed by atoms with Gasteiger partial charge in [-0.15, -0.1) is 0 Å². The van der Waals surface area contributed by atoms with Crippen LogP contribution in [0.25, 0.3) is 5.57 Å². The summed E-state index contributed by atoms with van der Waals surface area (Å²) in [4.78, 5) is 0. The van der Waals surface area contributed by atoms with E-state index < -0.39 is 11.6 Å². The molecule has 0 aliphatic heterocycles. The second-order valence-corrected chi connectivity index (χ2v) is 2.63. The molecule has 0 saturated carbocycles. The largest absolute Gasteiger partial charge is 0.504 e. The summed E-state index contributed by atoms with van der Waals surface area (Å²) in [5.41, 5.74) is 0.391. The molecule has 1 aromatic rings. The summed E-state index contributed by atoms with van der Waals surface area (Å²) in [7, 11) is 1.43. The minimum Gasteiger partial charge on any atom is -0.504 e. The highest BCUT2D eigenvalue weighted by molar-refractivity contribution is 5.63. The first-order valence-corrected chi connectivity index (χ1v) is 3.80. The van der Waals surface area contributed by atoms with Crippen molar-refractivity contribution in [2.45, 2.75) is 6.92 Å². The molecule has 0 aliphatic carbocycles. The lowest BCUT2D eigenvalue weighted by molar-refractivity contribution is 0.339. The van der Waals surface area contributed by atoms with Crippen LogP contribution < -0.4 is 0 Å². The van der Waals surface area contributed by atoms with Gasteiger partial charge in [-0.25, -0.2) is 8.78 Å². The maximum absolute atomic E-state index is 13.1. The van der Waals surface area contributed by atoms with E-state index in [0.29, 0.717) is 5.57 Å². The number of hydrogen-bond donors (Lipinski definition) is 0. The van der Waals surface area contributed by atoms with E-state index in [1.807, 2.05) is 0 Å². The highest BCUT2D eigenvalue weighted by atomic mass is 19.1. The molecular formula is C10H10F2O. The Labute approximate surface area is 75.6 Å². The quantitative estimate of drug-likeness (QED) is 0.642. The first kappa shape index (κ1) is 9.71.